The van der Waals surface area contributed by atoms with E-state index in [4.69, 9.17) is 4.74 Å². The fraction of sp³-hybridized carbons (Fsp3) is 0.269. The van der Waals surface area contributed by atoms with Crippen molar-refractivity contribution in [3.63, 3.8) is 0 Å². The number of ether oxygens (including phenoxy) is 1. The number of aryl methyl sites for hydroxylation is 1. The molecule has 176 valence electrons. The zero-order valence-corrected chi connectivity index (χ0v) is 19.8. The number of hydrogen-bond acceptors (Lipinski definition) is 5. The van der Waals surface area contributed by atoms with Crippen molar-refractivity contribution in [2.24, 2.45) is 19.1 Å². The lowest BCUT2D eigenvalue weighted by atomic mass is 10.1. The summed E-state index contributed by atoms with van der Waals surface area (Å²) in [6, 6.07) is 16.0. The largest absolute Gasteiger partial charge is 0.494 e. The molecule has 2 heterocycles. The number of benzene rings is 2. The first-order valence-corrected chi connectivity index (χ1v) is 11.1. The lowest BCUT2D eigenvalue weighted by molar-refractivity contribution is 0.306. The van der Waals surface area contributed by atoms with Crippen LogP contribution in [0.3, 0.4) is 0 Å². The highest BCUT2D eigenvalue weighted by molar-refractivity contribution is 6.00. The summed E-state index contributed by atoms with van der Waals surface area (Å²) in [5, 5.41) is 11.4. The highest BCUT2D eigenvalue weighted by Gasteiger charge is 2.17. The Labute approximate surface area is 196 Å². The van der Waals surface area contributed by atoms with Crippen LogP contribution in [0.2, 0.25) is 0 Å². The molecular formula is C26H28N4O4. The van der Waals surface area contributed by atoms with E-state index in [2.05, 4.69) is 9.98 Å². The molecule has 8 nitrogen and oxygen atoms in total. The van der Waals surface area contributed by atoms with E-state index in [9.17, 15) is 14.7 Å². The van der Waals surface area contributed by atoms with E-state index in [0.717, 1.165) is 42.6 Å². The molecule has 4 rings (SSSR count). The van der Waals surface area contributed by atoms with Crippen LogP contribution >= 0.6 is 0 Å². The van der Waals surface area contributed by atoms with Gasteiger partial charge in [0.2, 0.25) is 5.88 Å². The number of nitrogens with zero attached hydrogens (tertiary/aromatic N) is 3. The summed E-state index contributed by atoms with van der Waals surface area (Å²) in [5.74, 6) is 0.410. The molecule has 0 spiro atoms. The van der Waals surface area contributed by atoms with Gasteiger partial charge in [-0.1, -0.05) is 30.3 Å². The van der Waals surface area contributed by atoms with Crippen LogP contribution in [0.5, 0.6) is 11.6 Å². The van der Waals surface area contributed by atoms with Crippen molar-refractivity contribution >= 4 is 16.6 Å². The summed E-state index contributed by atoms with van der Waals surface area (Å²) in [5.41, 5.74) is 3.56. The zero-order chi connectivity index (χ0) is 24.4. The third kappa shape index (κ3) is 4.39. The van der Waals surface area contributed by atoms with Gasteiger partial charge in [0.15, 0.2) is 0 Å². The minimum Gasteiger partial charge on any atom is -0.494 e. The Kier molecular flexibility index (Phi) is 6.40. The number of nitrogens with one attached hydrogen (secondary N) is 1. The summed E-state index contributed by atoms with van der Waals surface area (Å²) < 4.78 is 7.99. The molecule has 34 heavy (non-hydrogen) atoms. The number of aromatic hydroxyl groups is 1. The average Bonchev–Trinajstić information content (AvgIpc) is 3.15. The molecule has 2 aromatic heterocycles. The minimum absolute atomic E-state index is 0.0387. The maximum Gasteiger partial charge on any atom is 0.333 e. The molecule has 0 aliphatic heterocycles. The van der Waals surface area contributed by atoms with Crippen molar-refractivity contribution in [2.45, 2.75) is 26.9 Å². The molecule has 4 aromatic rings. The summed E-state index contributed by atoms with van der Waals surface area (Å²) in [4.78, 5) is 32.4. The van der Waals surface area contributed by atoms with E-state index < -0.39 is 11.2 Å². The molecule has 8 heteroatoms. The van der Waals surface area contributed by atoms with Gasteiger partial charge in [-0.2, -0.15) is 0 Å². The molecule has 2 N–H and O–H groups in total. The van der Waals surface area contributed by atoms with Crippen LogP contribution in [-0.4, -0.2) is 31.5 Å². The van der Waals surface area contributed by atoms with Gasteiger partial charge in [0.25, 0.3) is 5.56 Å². The average molecular weight is 461 g/mol. The Balaban J connectivity index is 1.55. The molecule has 0 bridgehead atoms. The highest BCUT2D eigenvalue weighted by Crippen LogP contribution is 2.27. The number of hydrogen-bond donors (Lipinski definition) is 2. The third-order valence-electron chi connectivity index (χ3n) is 6.05. The van der Waals surface area contributed by atoms with Crippen molar-refractivity contribution in [1.29, 1.82) is 0 Å². The molecule has 0 aliphatic carbocycles. The van der Waals surface area contributed by atoms with Gasteiger partial charge in [0, 0.05) is 42.9 Å². The van der Waals surface area contributed by atoms with Crippen molar-refractivity contribution in [2.75, 3.05) is 6.54 Å². The SMILES string of the molecule is CC(=NCCc1c(C)[nH]c2ccc(OCc3ccccc3)cc12)c1c(O)n(C)c(=O)n(C)c1=O. The molecule has 0 radical (unpaired) electrons. The third-order valence-corrected chi connectivity index (χ3v) is 6.05. The lowest BCUT2D eigenvalue weighted by Crippen LogP contribution is -2.39. The van der Waals surface area contributed by atoms with Gasteiger partial charge in [0.05, 0.1) is 0 Å². The number of aromatic nitrogens is 3. The molecule has 0 atom stereocenters. The van der Waals surface area contributed by atoms with Gasteiger partial charge < -0.3 is 14.8 Å². The molecule has 0 saturated carbocycles. The Morgan fingerprint density at radius 3 is 2.56 bits per heavy atom. The number of H-pyrrole nitrogens is 1. The fourth-order valence-corrected chi connectivity index (χ4v) is 4.08. The van der Waals surface area contributed by atoms with E-state index in [1.165, 1.54) is 14.1 Å². The van der Waals surface area contributed by atoms with Gasteiger partial charge >= 0.3 is 5.69 Å². The summed E-state index contributed by atoms with van der Waals surface area (Å²) >= 11 is 0. The fourth-order valence-electron chi connectivity index (χ4n) is 4.08. The second-order valence-corrected chi connectivity index (χ2v) is 8.33. The molecular weight excluding hydrogens is 432 g/mol. The number of aromatic amines is 1. The molecule has 0 amide bonds. The second-order valence-electron chi connectivity index (χ2n) is 8.33. The van der Waals surface area contributed by atoms with Gasteiger partial charge in [-0.05, 0) is 49.6 Å². The van der Waals surface area contributed by atoms with Crippen molar-refractivity contribution in [3.05, 3.63) is 91.8 Å². The quantitative estimate of drug-likeness (QED) is 0.414. The van der Waals surface area contributed by atoms with Crippen LogP contribution in [0.4, 0.5) is 0 Å². The maximum absolute atomic E-state index is 12.5. The van der Waals surface area contributed by atoms with Crippen LogP contribution in [0.1, 0.15) is 29.3 Å². The first kappa shape index (κ1) is 23.1. The van der Waals surface area contributed by atoms with E-state index in [1.807, 2.05) is 55.5 Å². The number of aliphatic imine (C=N–C) groups is 1. The van der Waals surface area contributed by atoms with Gasteiger partial charge in [0.1, 0.15) is 17.9 Å². The van der Waals surface area contributed by atoms with E-state index >= 15 is 0 Å². The van der Waals surface area contributed by atoms with E-state index in [-0.39, 0.29) is 11.4 Å². The number of rotatable bonds is 7. The summed E-state index contributed by atoms with van der Waals surface area (Å²) in [7, 11) is 2.80. The molecule has 0 aliphatic rings. The lowest BCUT2D eigenvalue weighted by Gasteiger charge is -2.10. The monoisotopic (exact) mass is 460 g/mol. The van der Waals surface area contributed by atoms with Crippen LogP contribution < -0.4 is 16.0 Å². The Morgan fingerprint density at radius 2 is 1.82 bits per heavy atom. The topological polar surface area (TPSA) is 102 Å². The predicted octanol–water partition coefficient (Wildman–Crippen LogP) is 3.21. The predicted molar refractivity (Wildman–Crippen MR) is 133 cm³/mol. The Hall–Kier alpha value is -4.07. The zero-order valence-electron chi connectivity index (χ0n) is 19.8. The van der Waals surface area contributed by atoms with Crippen LogP contribution in [0.15, 0.2) is 63.1 Å². The van der Waals surface area contributed by atoms with Crippen molar-refractivity contribution < 1.29 is 9.84 Å². The Bertz CT molecular complexity index is 1490. The molecule has 2 aromatic carbocycles. The molecule has 0 saturated heterocycles. The first-order valence-electron chi connectivity index (χ1n) is 11.1. The van der Waals surface area contributed by atoms with Gasteiger partial charge in [-0.3, -0.25) is 18.9 Å². The van der Waals surface area contributed by atoms with Crippen molar-refractivity contribution in [3.8, 4) is 11.6 Å². The second kappa shape index (κ2) is 9.43. The standard InChI is InChI=1S/C26H28N4O4/c1-16-20(12-13-27-17(2)23-24(31)29(3)26(33)30(4)25(23)32)21-14-19(10-11-22(21)28-16)34-15-18-8-6-5-7-9-18/h5-11,14,28,31H,12-13,15H2,1-4H3. The Morgan fingerprint density at radius 1 is 1.09 bits per heavy atom. The summed E-state index contributed by atoms with van der Waals surface area (Å²) in [6.45, 7) is 4.59. The first-order chi connectivity index (χ1) is 16.3. The summed E-state index contributed by atoms with van der Waals surface area (Å²) in [6.07, 6.45) is 0.637. The smallest absolute Gasteiger partial charge is 0.333 e. The number of fused-ring (bicyclic) bond motifs is 1. The van der Waals surface area contributed by atoms with Crippen LogP contribution in [0, 0.1) is 6.92 Å². The molecule has 0 fully saturated rings. The van der Waals surface area contributed by atoms with Gasteiger partial charge in [-0.15, -0.1) is 0 Å². The van der Waals surface area contributed by atoms with Crippen LogP contribution in [-0.2, 0) is 27.1 Å². The van der Waals surface area contributed by atoms with E-state index in [0.29, 0.717) is 25.3 Å². The molecule has 0 unspecified atom stereocenters. The van der Waals surface area contributed by atoms with Gasteiger partial charge in [-0.25, -0.2) is 4.79 Å². The van der Waals surface area contributed by atoms with Crippen molar-refractivity contribution in [1.82, 2.24) is 14.1 Å². The van der Waals surface area contributed by atoms with Crippen LogP contribution in [0.25, 0.3) is 10.9 Å². The van der Waals surface area contributed by atoms with E-state index in [1.54, 1.807) is 6.92 Å². The normalized spacial score (nSPS) is 11.8. The minimum atomic E-state index is -0.584. The maximum atomic E-state index is 12.5. The highest BCUT2D eigenvalue weighted by atomic mass is 16.5.